The highest BCUT2D eigenvalue weighted by Gasteiger charge is 2.13. The Hall–Kier alpha value is -2.29. The highest BCUT2D eigenvalue weighted by molar-refractivity contribution is 5.71. The fourth-order valence-corrected chi connectivity index (χ4v) is 1.35. The smallest absolute Gasteiger partial charge is 0.344 e. The molecule has 0 unspecified atom stereocenters. The van der Waals surface area contributed by atoms with Crippen LogP contribution in [0.1, 0.15) is 12.5 Å². The number of carbonyl (C=O) groups excluding carboxylic acids is 1. The van der Waals surface area contributed by atoms with Crippen LogP contribution in [-0.2, 0) is 9.53 Å². The van der Waals surface area contributed by atoms with Gasteiger partial charge in [0.05, 0.1) is 12.3 Å². The SMILES string of the molecule is CCOC(=O)COc1nccc(N(C)C)c1C#N. The fourth-order valence-electron chi connectivity index (χ4n) is 1.35. The first-order valence-corrected chi connectivity index (χ1v) is 5.45. The van der Waals surface area contributed by atoms with Crippen LogP contribution in [0.2, 0.25) is 0 Å². The summed E-state index contributed by atoms with van der Waals surface area (Å²) in [4.78, 5) is 16.9. The van der Waals surface area contributed by atoms with Crippen LogP contribution < -0.4 is 9.64 Å². The summed E-state index contributed by atoms with van der Waals surface area (Å²) in [6.07, 6.45) is 1.52. The maximum atomic E-state index is 11.2. The molecule has 0 fully saturated rings. The van der Waals surface area contributed by atoms with Crippen molar-refractivity contribution >= 4 is 11.7 Å². The second-order valence-electron chi connectivity index (χ2n) is 3.61. The van der Waals surface area contributed by atoms with Crippen molar-refractivity contribution in [1.29, 1.82) is 5.26 Å². The van der Waals surface area contributed by atoms with Crippen LogP contribution in [0, 0.1) is 11.3 Å². The summed E-state index contributed by atoms with van der Waals surface area (Å²) in [5, 5.41) is 9.10. The summed E-state index contributed by atoms with van der Waals surface area (Å²) in [6, 6.07) is 3.72. The van der Waals surface area contributed by atoms with E-state index in [1.807, 2.05) is 20.2 Å². The summed E-state index contributed by atoms with van der Waals surface area (Å²) in [5.74, 6) is -0.352. The standard InChI is InChI=1S/C12H15N3O3/c1-4-17-11(16)8-18-12-9(7-13)10(15(2)3)5-6-14-12/h5-6H,4,8H2,1-3H3. The zero-order chi connectivity index (χ0) is 13.5. The molecular formula is C12H15N3O3. The average Bonchev–Trinajstić information content (AvgIpc) is 2.36. The van der Waals surface area contributed by atoms with Crippen molar-refractivity contribution in [2.24, 2.45) is 0 Å². The van der Waals surface area contributed by atoms with Gasteiger partial charge in [0.15, 0.2) is 6.61 Å². The van der Waals surface area contributed by atoms with Gasteiger partial charge in [-0.3, -0.25) is 0 Å². The average molecular weight is 249 g/mol. The fraction of sp³-hybridized carbons (Fsp3) is 0.417. The number of carbonyl (C=O) groups is 1. The van der Waals surface area contributed by atoms with Crippen molar-refractivity contribution < 1.29 is 14.3 Å². The molecule has 0 N–H and O–H groups in total. The second-order valence-corrected chi connectivity index (χ2v) is 3.61. The van der Waals surface area contributed by atoms with Gasteiger partial charge in [0.1, 0.15) is 11.6 Å². The molecular weight excluding hydrogens is 234 g/mol. The Morgan fingerprint density at radius 3 is 2.83 bits per heavy atom. The van der Waals surface area contributed by atoms with Crippen LogP contribution >= 0.6 is 0 Å². The van der Waals surface area contributed by atoms with Gasteiger partial charge < -0.3 is 14.4 Å². The minimum absolute atomic E-state index is 0.136. The minimum Gasteiger partial charge on any atom is -0.465 e. The van der Waals surface area contributed by atoms with Gasteiger partial charge in [-0.25, -0.2) is 9.78 Å². The van der Waals surface area contributed by atoms with Crippen LogP contribution in [0.15, 0.2) is 12.3 Å². The first kappa shape index (κ1) is 13.8. The number of nitrogens with zero attached hydrogens (tertiary/aromatic N) is 3. The summed E-state index contributed by atoms with van der Waals surface area (Å²) in [6.45, 7) is 1.74. The molecule has 6 heteroatoms. The summed E-state index contributed by atoms with van der Waals surface area (Å²) < 4.78 is 9.93. The Balaban J connectivity index is 2.87. The summed E-state index contributed by atoms with van der Waals surface area (Å²) >= 11 is 0. The second kappa shape index (κ2) is 6.45. The highest BCUT2D eigenvalue weighted by Crippen LogP contribution is 2.24. The number of pyridine rings is 1. The Bertz CT molecular complexity index is 466. The molecule has 18 heavy (non-hydrogen) atoms. The monoisotopic (exact) mass is 249 g/mol. The molecule has 0 atom stereocenters. The molecule has 0 spiro atoms. The molecule has 0 aliphatic heterocycles. The first-order valence-electron chi connectivity index (χ1n) is 5.45. The Morgan fingerprint density at radius 1 is 1.56 bits per heavy atom. The van der Waals surface area contributed by atoms with Gasteiger partial charge in [0, 0.05) is 20.3 Å². The van der Waals surface area contributed by atoms with E-state index in [2.05, 4.69) is 4.98 Å². The van der Waals surface area contributed by atoms with Gasteiger partial charge in [-0.05, 0) is 13.0 Å². The Morgan fingerprint density at radius 2 is 2.28 bits per heavy atom. The number of rotatable bonds is 5. The molecule has 96 valence electrons. The molecule has 0 saturated heterocycles. The van der Waals surface area contributed by atoms with Gasteiger partial charge in [-0.2, -0.15) is 5.26 Å². The number of esters is 1. The van der Waals surface area contributed by atoms with Crippen LogP contribution in [0.5, 0.6) is 5.88 Å². The maximum absolute atomic E-state index is 11.2. The molecule has 1 heterocycles. The Labute approximate surface area is 106 Å². The van der Waals surface area contributed by atoms with E-state index in [0.717, 1.165) is 0 Å². The lowest BCUT2D eigenvalue weighted by atomic mass is 10.2. The van der Waals surface area contributed by atoms with Crippen molar-refractivity contribution in [3.63, 3.8) is 0 Å². The molecule has 0 radical (unpaired) electrons. The van der Waals surface area contributed by atoms with Gasteiger partial charge >= 0.3 is 5.97 Å². The molecule has 0 aromatic carbocycles. The van der Waals surface area contributed by atoms with Crippen LogP contribution in [0.25, 0.3) is 0 Å². The molecule has 1 aromatic rings. The maximum Gasteiger partial charge on any atom is 0.344 e. The van der Waals surface area contributed by atoms with Crippen LogP contribution in [0.3, 0.4) is 0 Å². The van der Waals surface area contributed by atoms with Gasteiger partial charge in [-0.15, -0.1) is 0 Å². The van der Waals surface area contributed by atoms with E-state index in [1.54, 1.807) is 17.9 Å². The number of hydrogen-bond donors (Lipinski definition) is 0. The van der Waals surface area contributed by atoms with Crippen molar-refractivity contribution in [2.75, 3.05) is 32.2 Å². The van der Waals surface area contributed by atoms with Crippen LogP contribution in [-0.4, -0.2) is 38.3 Å². The van der Waals surface area contributed by atoms with Gasteiger partial charge in [0.2, 0.25) is 5.88 Å². The predicted octanol–water partition coefficient (Wildman–Crippen LogP) is 0.961. The number of aromatic nitrogens is 1. The topological polar surface area (TPSA) is 75.5 Å². The van der Waals surface area contributed by atoms with Crippen LogP contribution in [0.4, 0.5) is 5.69 Å². The largest absolute Gasteiger partial charge is 0.465 e. The normalized spacial score (nSPS) is 9.44. The third kappa shape index (κ3) is 3.35. The van der Waals surface area contributed by atoms with E-state index < -0.39 is 5.97 Å². The molecule has 0 amide bonds. The third-order valence-electron chi connectivity index (χ3n) is 2.12. The van der Waals surface area contributed by atoms with Crippen molar-refractivity contribution in [2.45, 2.75) is 6.92 Å². The molecule has 0 saturated carbocycles. The lowest BCUT2D eigenvalue weighted by Crippen LogP contribution is -2.17. The van der Waals surface area contributed by atoms with E-state index in [9.17, 15) is 4.79 Å². The molecule has 0 aliphatic carbocycles. The molecule has 1 aromatic heterocycles. The summed E-state index contributed by atoms with van der Waals surface area (Å²) in [7, 11) is 3.62. The summed E-state index contributed by atoms with van der Waals surface area (Å²) in [5.41, 5.74) is 0.984. The first-order chi connectivity index (χ1) is 8.60. The number of nitriles is 1. The predicted molar refractivity (Wildman–Crippen MR) is 65.4 cm³/mol. The zero-order valence-corrected chi connectivity index (χ0v) is 10.6. The quantitative estimate of drug-likeness (QED) is 0.723. The van der Waals surface area contributed by atoms with Crippen molar-refractivity contribution in [3.05, 3.63) is 17.8 Å². The van der Waals surface area contributed by atoms with Gasteiger partial charge in [-0.1, -0.05) is 0 Å². The van der Waals surface area contributed by atoms with Crippen molar-refractivity contribution in [3.8, 4) is 11.9 Å². The minimum atomic E-state index is -0.488. The molecule has 0 aliphatic rings. The third-order valence-corrected chi connectivity index (χ3v) is 2.12. The lowest BCUT2D eigenvalue weighted by Gasteiger charge is -2.15. The molecule has 1 rings (SSSR count). The molecule has 0 bridgehead atoms. The lowest BCUT2D eigenvalue weighted by molar-refractivity contribution is -0.145. The van der Waals surface area contributed by atoms with Gasteiger partial charge in [0.25, 0.3) is 0 Å². The molecule has 6 nitrogen and oxygen atoms in total. The Kier molecular flexibility index (Phi) is 4.93. The number of ether oxygens (including phenoxy) is 2. The van der Waals surface area contributed by atoms with E-state index in [1.165, 1.54) is 6.20 Å². The number of anilines is 1. The highest BCUT2D eigenvalue weighted by atomic mass is 16.6. The number of hydrogen-bond acceptors (Lipinski definition) is 6. The van der Waals surface area contributed by atoms with E-state index in [-0.39, 0.29) is 12.5 Å². The van der Waals surface area contributed by atoms with E-state index in [0.29, 0.717) is 17.9 Å². The van der Waals surface area contributed by atoms with E-state index >= 15 is 0 Å². The zero-order valence-electron chi connectivity index (χ0n) is 10.6. The van der Waals surface area contributed by atoms with Crippen molar-refractivity contribution in [1.82, 2.24) is 4.98 Å². The van der Waals surface area contributed by atoms with E-state index in [4.69, 9.17) is 14.7 Å².